The Kier molecular flexibility index (Phi) is 5.82. The lowest BCUT2D eigenvalue weighted by molar-refractivity contribution is -0.144. The van der Waals surface area contributed by atoms with Crippen LogP contribution in [0.1, 0.15) is 40.6 Å². The number of hydrogen-bond acceptors (Lipinski definition) is 4. The summed E-state index contributed by atoms with van der Waals surface area (Å²) in [4.78, 5) is 14.3. The quantitative estimate of drug-likeness (QED) is 0.563. The van der Waals surface area contributed by atoms with Gasteiger partial charge in [-0.15, -0.1) is 0 Å². The number of anilines is 1. The number of hydrogen-bond donors (Lipinski definition) is 2. The first-order chi connectivity index (χ1) is 15.7. The number of aliphatic carboxylic acids is 1. The van der Waals surface area contributed by atoms with Gasteiger partial charge in [-0.3, -0.25) is 9.69 Å². The second-order valence-electron chi connectivity index (χ2n) is 8.61. The molecule has 0 fully saturated rings. The minimum atomic E-state index is -0.812. The van der Waals surface area contributed by atoms with Crippen LogP contribution in [0.3, 0.4) is 0 Å². The molecule has 0 amide bonds. The van der Waals surface area contributed by atoms with Crippen molar-refractivity contribution in [1.29, 1.82) is 0 Å². The number of carboxylic acids is 1. The van der Waals surface area contributed by atoms with Crippen molar-refractivity contribution in [2.45, 2.75) is 31.3 Å². The predicted octanol–water partition coefficient (Wildman–Crippen LogP) is 4.85. The highest BCUT2D eigenvalue weighted by Crippen LogP contribution is 2.35. The standard InChI is InChI=1S/C27H28N2O3/c30-27(31)26-24-16-22(32-15-13-21-17-28-25-9-5-4-8-23(21)25)11-10-20(24)12-14-29(26)18-19-6-2-1-3-7-19/h1-11,16,21,26,28H,12-15,17-18H2,(H,30,31)/t21-,26?/m1/s1. The fourth-order valence-electron chi connectivity index (χ4n) is 4.95. The first-order valence-electron chi connectivity index (χ1n) is 11.3. The predicted molar refractivity (Wildman–Crippen MR) is 125 cm³/mol. The zero-order chi connectivity index (χ0) is 21.9. The molecule has 2 atom stereocenters. The molecule has 0 radical (unpaired) electrons. The van der Waals surface area contributed by atoms with Crippen LogP contribution in [0, 0.1) is 0 Å². The topological polar surface area (TPSA) is 61.8 Å². The average molecular weight is 429 g/mol. The van der Waals surface area contributed by atoms with E-state index in [1.165, 1.54) is 11.3 Å². The van der Waals surface area contributed by atoms with Gasteiger partial charge in [0.2, 0.25) is 0 Å². The number of rotatable bonds is 7. The van der Waals surface area contributed by atoms with E-state index >= 15 is 0 Å². The summed E-state index contributed by atoms with van der Waals surface area (Å²) in [5, 5.41) is 13.5. The SMILES string of the molecule is O=C(O)C1c2cc(OCC[C@@H]3CNc4ccccc43)ccc2CCN1Cc1ccccc1. The van der Waals surface area contributed by atoms with Gasteiger partial charge in [0.15, 0.2) is 0 Å². The van der Waals surface area contributed by atoms with E-state index < -0.39 is 12.0 Å². The summed E-state index contributed by atoms with van der Waals surface area (Å²) in [6, 6.07) is 23.8. The molecule has 164 valence electrons. The number of para-hydroxylation sites is 1. The van der Waals surface area contributed by atoms with E-state index in [-0.39, 0.29) is 0 Å². The normalized spacial score (nSPS) is 19.6. The van der Waals surface area contributed by atoms with Crippen molar-refractivity contribution in [3.8, 4) is 5.75 Å². The number of carboxylic acid groups (broad SMARTS) is 1. The minimum Gasteiger partial charge on any atom is -0.494 e. The van der Waals surface area contributed by atoms with Gasteiger partial charge in [0, 0.05) is 31.2 Å². The first kappa shape index (κ1) is 20.6. The molecule has 2 heterocycles. The lowest BCUT2D eigenvalue weighted by Crippen LogP contribution is -2.39. The molecule has 5 rings (SSSR count). The van der Waals surface area contributed by atoms with E-state index in [2.05, 4.69) is 29.6 Å². The Labute approximate surface area is 188 Å². The largest absolute Gasteiger partial charge is 0.494 e. The summed E-state index contributed by atoms with van der Waals surface area (Å²) in [5.41, 5.74) is 5.64. The Morgan fingerprint density at radius 3 is 2.69 bits per heavy atom. The monoisotopic (exact) mass is 428 g/mol. The second kappa shape index (κ2) is 9.05. The van der Waals surface area contributed by atoms with Crippen molar-refractivity contribution >= 4 is 11.7 Å². The smallest absolute Gasteiger partial charge is 0.325 e. The third-order valence-electron chi connectivity index (χ3n) is 6.58. The van der Waals surface area contributed by atoms with Crippen molar-refractivity contribution in [1.82, 2.24) is 4.90 Å². The molecule has 1 unspecified atom stereocenters. The Morgan fingerprint density at radius 2 is 1.84 bits per heavy atom. The van der Waals surface area contributed by atoms with Crippen LogP contribution in [0.5, 0.6) is 5.75 Å². The van der Waals surface area contributed by atoms with E-state index in [4.69, 9.17) is 4.74 Å². The lowest BCUT2D eigenvalue weighted by Gasteiger charge is -2.35. The van der Waals surface area contributed by atoms with Crippen LogP contribution < -0.4 is 10.1 Å². The Balaban J connectivity index is 1.28. The summed E-state index contributed by atoms with van der Waals surface area (Å²) in [5.74, 6) is 0.375. The van der Waals surface area contributed by atoms with Gasteiger partial charge >= 0.3 is 5.97 Å². The third-order valence-corrected chi connectivity index (χ3v) is 6.58. The second-order valence-corrected chi connectivity index (χ2v) is 8.61. The van der Waals surface area contributed by atoms with Crippen LogP contribution in [0.4, 0.5) is 5.69 Å². The molecule has 3 aromatic carbocycles. The van der Waals surface area contributed by atoms with Crippen molar-refractivity contribution in [2.75, 3.05) is 25.0 Å². The van der Waals surface area contributed by atoms with Gasteiger partial charge in [0.05, 0.1) is 6.61 Å². The number of nitrogens with one attached hydrogen (secondary N) is 1. The lowest BCUT2D eigenvalue weighted by atomic mass is 9.91. The van der Waals surface area contributed by atoms with Crippen molar-refractivity contribution in [3.63, 3.8) is 0 Å². The number of nitrogens with zero attached hydrogens (tertiary/aromatic N) is 1. The van der Waals surface area contributed by atoms with Crippen LogP contribution >= 0.6 is 0 Å². The maximum absolute atomic E-state index is 12.2. The maximum atomic E-state index is 12.2. The zero-order valence-electron chi connectivity index (χ0n) is 18.0. The summed E-state index contributed by atoms with van der Waals surface area (Å²) in [6.07, 6.45) is 1.76. The van der Waals surface area contributed by atoms with Gasteiger partial charge in [-0.1, -0.05) is 54.6 Å². The van der Waals surface area contributed by atoms with Crippen molar-refractivity contribution < 1.29 is 14.6 Å². The van der Waals surface area contributed by atoms with Crippen molar-refractivity contribution in [3.05, 3.63) is 95.1 Å². The van der Waals surface area contributed by atoms with E-state index in [1.54, 1.807) is 0 Å². The Hall–Kier alpha value is -3.31. The molecule has 0 saturated heterocycles. The van der Waals surface area contributed by atoms with Gasteiger partial charge in [-0.05, 0) is 53.3 Å². The van der Waals surface area contributed by atoms with E-state index in [0.717, 1.165) is 48.4 Å². The Morgan fingerprint density at radius 1 is 1.03 bits per heavy atom. The summed E-state index contributed by atoms with van der Waals surface area (Å²) >= 11 is 0. The van der Waals surface area contributed by atoms with Crippen LogP contribution in [-0.2, 0) is 17.8 Å². The third kappa shape index (κ3) is 4.21. The molecular weight excluding hydrogens is 400 g/mol. The van der Waals surface area contributed by atoms with Gasteiger partial charge in [0.25, 0.3) is 0 Å². The molecule has 0 aliphatic carbocycles. The molecule has 0 saturated carbocycles. The molecule has 0 bridgehead atoms. The summed E-state index contributed by atoms with van der Waals surface area (Å²) in [6.45, 7) is 2.89. The zero-order valence-corrected chi connectivity index (χ0v) is 18.0. The Bertz CT molecular complexity index is 1100. The molecule has 0 aromatic heterocycles. The van der Waals surface area contributed by atoms with Gasteiger partial charge in [-0.2, -0.15) is 0 Å². The van der Waals surface area contributed by atoms with Crippen LogP contribution in [0.2, 0.25) is 0 Å². The molecule has 32 heavy (non-hydrogen) atoms. The molecule has 2 N–H and O–H groups in total. The number of ether oxygens (including phenoxy) is 1. The highest BCUT2D eigenvalue weighted by Gasteiger charge is 2.33. The fraction of sp³-hybridized carbons (Fsp3) is 0.296. The summed E-state index contributed by atoms with van der Waals surface area (Å²) < 4.78 is 6.09. The van der Waals surface area contributed by atoms with Crippen molar-refractivity contribution in [2.24, 2.45) is 0 Å². The van der Waals surface area contributed by atoms with Gasteiger partial charge < -0.3 is 15.2 Å². The molecule has 3 aromatic rings. The number of benzene rings is 3. The molecule has 5 heteroatoms. The highest BCUT2D eigenvalue weighted by molar-refractivity contribution is 5.77. The van der Waals surface area contributed by atoms with Crippen LogP contribution in [0.25, 0.3) is 0 Å². The van der Waals surface area contributed by atoms with E-state index in [1.807, 2.05) is 53.4 Å². The highest BCUT2D eigenvalue weighted by atomic mass is 16.5. The fourth-order valence-corrected chi connectivity index (χ4v) is 4.95. The maximum Gasteiger partial charge on any atom is 0.325 e. The molecule has 2 aliphatic rings. The van der Waals surface area contributed by atoms with E-state index in [9.17, 15) is 9.90 Å². The molecular formula is C27H28N2O3. The summed E-state index contributed by atoms with van der Waals surface area (Å²) in [7, 11) is 0. The van der Waals surface area contributed by atoms with Gasteiger partial charge in [-0.25, -0.2) is 0 Å². The molecule has 0 spiro atoms. The van der Waals surface area contributed by atoms with E-state index in [0.29, 0.717) is 19.1 Å². The number of fused-ring (bicyclic) bond motifs is 2. The first-order valence-corrected chi connectivity index (χ1v) is 11.3. The molecule has 5 nitrogen and oxygen atoms in total. The van der Waals surface area contributed by atoms with Gasteiger partial charge in [0.1, 0.15) is 11.8 Å². The van der Waals surface area contributed by atoms with Crippen LogP contribution in [-0.4, -0.2) is 35.7 Å². The average Bonchev–Trinajstić information content (AvgIpc) is 3.22. The minimum absolute atomic E-state index is 0.442. The number of carbonyl (C=O) groups is 1. The molecule has 2 aliphatic heterocycles. The van der Waals surface area contributed by atoms with Crippen LogP contribution in [0.15, 0.2) is 72.8 Å².